The number of benzene rings is 2. The molecule has 1 aromatic heterocycles. The fourth-order valence-electron chi connectivity index (χ4n) is 3.43. The van der Waals surface area contributed by atoms with Gasteiger partial charge in [-0.15, -0.1) is 0 Å². The quantitative estimate of drug-likeness (QED) is 0.601. The van der Waals surface area contributed by atoms with Gasteiger partial charge in [0.15, 0.2) is 18.1 Å². The van der Waals surface area contributed by atoms with E-state index < -0.39 is 0 Å². The van der Waals surface area contributed by atoms with Crippen molar-refractivity contribution >= 4 is 11.6 Å². The van der Waals surface area contributed by atoms with E-state index in [0.717, 1.165) is 16.8 Å². The normalized spacial score (nSPS) is 15.3. The summed E-state index contributed by atoms with van der Waals surface area (Å²) in [5.41, 5.74) is 3.38. The van der Waals surface area contributed by atoms with E-state index >= 15 is 0 Å². The molecule has 2 aromatic carbocycles. The summed E-state index contributed by atoms with van der Waals surface area (Å²) in [6.45, 7) is 1.79. The van der Waals surface area contributed by atoms with Gasteiger partial charge in [0, 0.05) is 12.5 Å². The van der Waals surface area contributed by atoms with Gasteiger partial charge in [0.25, 0.3) is 5.91 Å². The van der Waals surface area contributed by atoms with Gasteiger partial charge in [-0.1, -0.05) is 29.8 Å². The second-order valence-electron chi connectivity index (χ2n) is 7.15. The highest BCUT2D eigenvalue weighted by molar-refractivity contribution is 6.03. The zero-order valence-electron chi connectivity index (χ0n) is 17.2. The fraction of sp³-hybridized carbons (Fsp3) is 0.208. The summed E-state index contributed by atoms with van der Waals surface area (Å²) in [4.78, 5) is 13.0. The van der Waals surface area contributed by atoms with Crippen molar-refractivity contribution in [3.05, 3.63) is 83.3 Å². The molecule has 0 spiro atoms. The smallest absolute Gasteiger partial charge is 0.281 e. The third kappa shape index (κ3) is 4.28. The number of hydrogen-bond donors (Lipinski definition) is 0. The molecular formula is C24H21N3O4. The molecule has 0 N–H and O–H groups in total. The van der Waals surface area contributed by atoms with Crippen LogP contribution in [0.3, 0.4) is 0 Å². The van der Waals surface area contributed by atoms with Crippen molar-refractivity contribution in [3.63, 3.8) is 0 Å². The van der Waals surface area contributed by atoms with Crippen molar-refractivity contribution in [2.45, 2.75) is 19.4 Å². The highest BCUT2D eigenvalue weighted by Gasteiger charge is 2.35. The van der Waals surface area contributed by atoms with Crippen LogP contribution in [0.15, 0.2) is 70.4 Å². The molecule has 0 saturated carbocycles. The van der Waals surface area contributed by atoms with E-state index in [9.17, 15) is 4.79 Å². The molecule has 2 heterocycles. The van der Waals surface area contributed by atoms with Crippen molar-refractivity contribution in [1.82, 2.24) is 5.01 Å². The van der Waals surface area contributed by atoms with Gasteiger partial charge in [0.05, 0.1) is 30.7 Å². The number of ether oxygens (including phenoxy) is 2. The summed E-state index contributed by atoms with van der Waals surface area (Å²) in [7, 11) is 1.48. The first-order chi connectivity index (χ1) is 15.1. The Hall–Kier alpha value is -4.05. The lowest BCUT2D eigenvalue weighted by molar-refractivity contribution is -0.135. The zero-order chi connectivity index (χ0) is 21.8. The third-order valence-corrected chi connectivity index (χ3v) is 5.07. The third-order valence-electron chi connectivity index (χ3n) is 5.07. The molecule has 0 fully saturated rings. The maximum Gasteiger partial charge on any atom is 0.281 e. The SMILES string of the molecule is COc1cc(C#N)ccc1OCC(=O)N1N=C(c2ccc(C)cc2)CC1c1ccco1. The molecule has 3 aromatic rings. The summed E-state index contributed by atoms with van der Waals surface area (Å²) >= 11 is 0. The van der Waals surface area contributed by atoms with Crippen molar-refractivity contribution in [2.24, 2.45) is 5.10 Å². The van der Waals surface area contributed by atoms with Gasteiger partial charge in [-0.2, -0.15) is 10.4 Å². The summed E-state index contributed by atoms with van der Waals surface area (Å²) in [6.07, 6.45) is 2.13. The summed E-state index contributed by atoms with van der Waals surface area (Å²) in [5.74, 6) is 1.12. The van der Waals surface area contributed by atoms with Crippen molar-refractivity contribution < 1.29 is 18.7 Å². The average Bonchev–Trinajstić information content (AvgIpc) is 3.48. The van der Waals surface area contributed by atoms with E-state index in [2.05, 4.69) is 5.10 Å². The lowest BCUT2D eigenvalue weighted by Gasteiger charge is -2.20. The van der Waals surface area contributed by atoms with Gasteiger partial charge in [0.1, 0.15) is 11.8 Å². The minimum absolute atomic E-state index is 0.232. The van der Waals surface area contributed by atoms with Crippen LogP contribution < -0.4 is 9.47 Å². The number of nitrogens with zero attached hydrogens (tertiary/aromatic N) is 3. The number of methoxy groups -OCH3 is 1. The molecule has 0 radical (unpaired) electrons. The molecular weight excluding hydrogens is 394 g/mol. The molecule has 0 bridgehead atoms. The van der Waals surface area contributed by atoms with E-state index in [-0.39, 0.29) is 18.6 Å². The predicted octanol–water partition coefficient (Wildman–Crippen LogP) is 4.23. The fourth-order valence-corrected chi connectivity index (χ4v) is 3.43. The number of nitriles is 1. The molecule has 1 amide bonds. The van der Waals surface area contributed by atoms with Crippen LogP contribution in [0.25, 0.3) is 0 Å². The number of hydrogen-bond acceptors (Lipinski definition) is 6. The lowest BCUT2D eigenvalue weighted by Crippen LogP contribution is -2.31. The van der Waals surface area contributed by atoms with Crippen LogP contribution in [-0.4, -0.2) is 30.3 Å². The standard InChI is InChI=1S/C24H21N3O4/c1-16-5-8-18(9-6-16)19-13-20(21-4-3-11-30-21)27(26-19)24(28)15-31-22-10-7-17(14-25)12-23(22)29-2/h3-12,20H,13,15H2,1-2H3. The van der Waals surface area contributed by atoms with Crippen LogP contribution in [0.2, 0.25) is 0 Å². The van der Waals surface area contributed by atoms with E-state index in [1.54, 1.807) is 30.5 Å². The number of carbonyl (C=O) groups excluding carboxylic acids is 1. The number of furan rings is 1. The molecule has 7 nitrogen and oxygen atoms in total. The van der Waals surface area contributed by atoms with Gasteiger partial charge in [-0.25, -0.2) is 5.01 Å². The number of rotatable bonds is 6. The van der Waals surface area contributed by atoms with Crippen LogP contribution in [0.5, 0.6) is 11.5 Å². The Morgan fingerprint density at radius 3 is 2.71 bits per heavy atom. The number of carbonyl (C=O) groups is 1. The maximum atomic E-state index is 13.0. The van der Waals surface area contributed by atoms with E-state index in [0.29, 0.717) is 29.2 Å². The predicted molar refractivity (Wildman–Crippen MR) is 114 cm³/mol. The van der Waals surface area contributed by atoms with Gasteiger partial charge < -0.3 is 13.9 Å². The van der Waals surface area contributed by atoms with Crippen LogP contribution >= 0.6 is 0 Å². The number of aryl methyl sites for hydroxylation is 1. The van der Waals surface area contributed by atoms with Crippen molar-refractivity contribution in [2.75, 3.05) is 13.7 Å². The van der Waals surface area contributed by atoms with Crippen LogP contribution in [0, 0.1) is 18.3 Å². The van der Waals surface area contributed by atoms with E-state index in [1.165, 1.54) is 12.1 Å². The van der Waals surface area contributed by atoms with E-state index in [1.807, 2.05) is 43.3 Å². The second-order valence-corrected chi connectivity index (χ2v) is 7.15. The minimum atomic E-state index is -0.342. The van der Waals surface area contributed by atoms with Crippen LogP contribution in [0.4, 0.5) is 0 Å². The molecule has 4 rings (SSSR count). The molecule has 0 aliphatic carbocycles. The van der Waals surface area contributed by atoms with Crippen LogP contribution in [0.1, 0.15) is 34.9 Å². The van der Waals surface area contributed by atoms with E-state index in [4.69, 9.17) is 19.2 Å². The Kier molecular flexibility index (Phi) is 5.72. The molecule has 1 aliphatic heterocycles. The Balaban J connectivity index is 1.55. The molecule has 156 valence electrons. The summed E-state index contributed by atoms with van der Waals surface area (Å²) in [5, 5.41) is 15.0. The molecule has 31 heavy (non-hydrogen) atoms. The molecule has 1 atom stereocenters. The Labute approximate surface area is 180 Å². The first-order valence-electron chi connectivity index (χ1n) is 9.80. The number of hydrazone groups is 1. The van der Waals surface area contributed by atoms with Crippen molar-refractivity contribution in [3.8, 4) is 17.6 Å². The highest BCUT2D eigenvalue weighted by atomic mass is 16.5. The Morgan fingerprint density at radius 1 is 1.23 bits per heavy atom. The maximum absolute atomic E-state index is 13.0. The Morgan fingerprint density at radius 2 is 2.03 bits per heavy atom. The average molecular weight is 415 g/mol. The Bertz CT molecular complexity index is 1140. The zero-order valence-corrected chi connectivity index (χ0v) is 17.2. The minimum Gasteiger partial charge on any atom is -0.493 e. The highest BCUT2D eigenvalue weighted by Crippen LogP contribution is 2.34. The second kappa shape index (κ2) is 8.76. The monoisotopic (exact) mass is 415 g/mol. The first kappa shape index (κ1) is 20.2. The van der Waals surface area contributed by atoms with Gasteiger partial charge in [-0.3, -0.25) is 4.79 Å². The molecule has 1 aliphatic rings. The molecule has 0 saturated heterocycles. The summed E-state index contributed by atoms with van der Waals surface area (Å²) < 4.78 is 16.5. The number of amides is 1. The molecule has 7 heteroatoms. The van der Waals surface area contributed by atoms with Gasteiger partial charge in [0.2, 0.25) is 0 Å². The molecule has 1 unspecified atom stereocenters. The summed E-state index contributed by atoms with van der Waals surface area (Å²) in [6, 6.07) is 18.2. The van der Waals surface area contributed by atoms with Gasteiger partial charge >= 0.3 is 0 Å². The first-order valence-corrected chi connectivity index (χ1v) is 9.80. The van der Waals surface area contributed by atoms with Gasteiger partial charge in [-0.05, 0) is 36.8 Å². The van der Waals surface area contributed by atoms with Crippen LogP contribution in [-0.2, 0) is 4.79 Å². The lowest BCUT2D eigenvalue weighted by atomic mass is 10.0. The van der Waals surface area contributed by atoms with Crippen molar-refractivity contribution in [1.29, 1.82) is 5.26 Å². The topological polar surface area (TPSA) is 88.1 Å². The largest absolute Gasteiger partial charge is 0.493 e.